The number of rotatable bonds is 9. The van der Waals surface area contributed by atoms with Crippen LogP contribution in [0.2, 0.25) is 0 Å². The first kappa shape index (κ1) is 26.3. The van der Waals surface area contributed by atoms with Gasteiger partial charge in [0.1, 0.15) is 5.75 Å². The summed E-state index contributed by atoms with van der Waals surface area (Å²) in [5, 5.41) is 0. The topological polar surface area (TPSA) is 65.1 Å². The van der Waals surface area contributed by atoms with Crippen molar-refractivity contribution in [3.8, 4) is 5.75 Å². The lowest BCUT2D eigenvalue weighted by molar-refractivity contribution is -0.285. The molecule has 0 saturated heterocycles. The molecule has 0 fully saturated rings. The molecule has 0 saturated carbocycles. The van der Waals surface area contributed by atoms with Crippen molar-refractivity contribution in [1.82, 2.24) is 4.90 Å². The summed E-state index contributed by atoms with van der Waals surface area (Å²) >= 11 is 0. The van der Waals surface area contributed by atoms with E-state index < -0.39 is 18.1 Å². The molecule has 2 aromatic rings. The van der Waals surface area contributed by atoms with E-state index in [9.17, 15) is 22.8 Å². The Bertz CT molecular complexity index is 1040. The van der Waals surface area contributed by atoms with Gasteiger partial charge in [-0.25, -0.2) is 19.4 Å². The Morgan fingerprint density at radius 1 is 1.06 bits per heavy atom. The second-order valence-corrected chi connectivity index (χ2v) is 8.27. The Balaban J connectivity index is 1.41. The minimum absolute atomic E-state index is 0.191. The van der Waals surface area contributed by atoms with Crippen molar-refractivity contribution in [2.75, 3.05) is 26.2 Å². The molecule has 0 atom stereocenters. The Labute approximate surface area is 202 Å². The highest BCUT2D eigenvalue weighted by Gasteiger charge is 2.43. The van der Waals surface area contributed by atoms with Crippen molar-refractivity contribution in [3.63, 3.8) is 0 Å². The van der Waals surface area contributed by atoms with Gasteiger partial charge in [0, 0.05) is 19.6 Å². The van der Waals surface area contributed by atoms with Crippen LogP contribution in [0, 0.1) is 6.92 Å². The summed E-state index contributed by atoms with van der Waals surface area (Å²) in [4.78, 5) is 31.5. The lowest BCUT2D eigenvalue weighted by Gasteiger charge is -2.26. The van der Waals surface area contributed by atoms with Gasteiger partial charge in [0.15, 0.2) is 0 Å². The summed E-state index contributed by atoms with van der Waals surface area (Å²) in [6.07, 6.45) is -0.665. The predicted molar refractivity (Wildman–Crippen MR) is 123 cm³/mol. The van der Waals surface area contributed by atoms with E-state index in [1.54, 1.807) is 0 Å². The summed E-state index contributed by atoms with van der Waals surface area (Å²) in [7, 11) is 0. The standard InChI is InChI=1S/C26H28F3NO5/c1-19-18-22(33-17-5-8-20-6-3-2-4-7-20)9-10-23(19)21-11-14-30(15-12-21)16-13-24(31)34-35-25(32)26(27,28)29/h2-4,6-7,9-11,18H,5,8,12-17H2,1H3. The van der Waals surface area contributed by atoms with Crippen LogP contribution in [-0.2, 0) is 25.8 Å². The molecule has 0 bridgehead atoms. The number of carbonyl (C=O) groups excluding carboxylic acids is 2. The van der Waals surface area contributed by atoms with Crippen LogP contribution < -0.4 is 4.74 Å². The molecule has 188 valence electrons. The normalized spacial score (nSPS) is 14.2. The van der Waals surface area contributed by atoms with Crippen molar-refractivity contribution in [1.29, 1.82) is 0 Å². The number of alkyl halides is 3. The average Bonchev–Trinajstić information content (AvgIpc) is 2.84. The molecule has 6 nitrogen and oxygen atoms in total. The van der Waals surface area contributed by atoms with E-state index in [4.69, 9.17) is 4.74 Å². The fourth-order valence-corrected chi connectivity index (χ4v) is 3.78. The van der Waals surface area contributed by atoms with E-state index in [0.29, 0.717) is 19.7 Å². The maximum Gasteiger partial charge on any atom is 0.495 e. The van der Waals surface area contributed by atoms with Gasteiger partial charge >= 0.3 is 18.1 Å². The fraction of sp³-hybridized carbons (Fsp3) is 0.385. The summed E-state index contributed by atoms with van der Waals surface area (Å²) in [6, 6.07) is 16.3. The highest BCUT2D eigenvalue weighted by atomic mass is 19.4. The van der Waals surface area contributed by atoms with Crippen LogP contribution in [-0.4, -0.2) is 49.3 Å². The quantitative estimate of drug-likeness (QED) is 0.278. The summed E-state index contributed by atoms with van der Waals surface area (Å²) in [5.41, 5.74) is 4.74. The third-order valence-electron chi connectivity index (χ3n) is 5.63. The summed E-state index contributed by atoms with van der Waals surface area (Å²) < 4.78 is 42.0. The van der Waals surface area contributed by atoms with Gasteiger partial charge in [-0.2, -0.15) is 13.2 Å². The number of aryl methyl sites for hydroxylation is 2. The number of hydrogen-bond acceptors (Lipinski definition) is 6. The monoisotopic (exact) mass is 491 g/mol. The van der Waals surface area contributed by atoms with Gasteiger partial charge < -0.3 is 4.74 Å². The number of halogens is 3. The Morgan fingerprint density at radius 2 is 1.83 bits per heavy atom. The lowest BCUT2D eigenvalue weighted by atomic mass is 9.95. The van der Waals surface area contributed by atoms with E-state index >= 15 is 0 Å². The maximum atomic E-state index is 12.0. The molecule has 0 unspecified atom stereocenters. The van der Waals surface area contributed by atoms with Crippen LogP contribution in [0.25, 0.3) is 5.57 Å². The Hall–Kier alpha value is -3.33. The smallest absolute Gasteiger partial charge is 0.494 e. The highest BCUT2D eigenvalue weighted by molar-refractivity contribution is 5.77. The number of ether oxygens (including phenoxy) is 1. The maximum absolute atomic E-state index is 12.0. The van der Waals surface area contributed by atoms with Gasteiger partial charge in [-0.15, -0.1) is 0 Å². The Morgan fingerprint density at radius 3 is 2.49 bits per heavy atom. The van der Waals surface area contributed by atoms with Crippen LogP contribution in [0.4, 0.5) is 13.2 Å². The SMILES string of the molecule is Cc1cc(OCCCc2ccccc2)ccc1C1=CCN(CCC(=O)OOC(=O)C(F)(F)F)CC1. The van der Waals surface area contributed by atoms with Crippen LogP contribution in [0.5, 0.6) is 5.75 Å². The average molecular weight is 492 g/mol. The largest absolute Gasteiger partial charge is 0.495 e. The molecule has 2 aromatic carbocycles. The van der Waals surface area contributed by atoms with Gasteiger partial charge in [-0.1, -0.05) is 42.5 Å². The first-order valence-corrected chi connectivity index (χ1v) is 11.4. The molecule has 3 rings (SSSR count). The number of benzene rings is 2. The van der Waals surface area contributed by atoms with Gasteiger partial charge in [-0.3, -0.25) is 4.90 Å². The molecule has 1 aliphatic rings. The third kappa shape index (κ3) is 8.43. The third-order valence-corrected chi connectivity index (χ3v) is 5.63. The van der Waals surface area contributed by atoms with Crippen LogP contribution in [0.15, 0.2) is 54.6 Å². The van der Waals surface area contributed by atoms with Crippen LogP contribution in [0.3, 0.4) is 0 Å². The molecule has 0 radical (unpaired) electrons. The molecular weight excluding hydrogens is 463 g/mol. The lowest BCUT2D eigenvalue weighted by Crippen LogP contribution is -2.32. The molecule has 0 aromatic heterocycles. The van der Waals surface area contributed by atoms with Gasteiger partial charge in [0.2, 0.25) is 0 Å². The molecule has 0 spiro atoms. The molecule has 1 aliphatic heterocycles. The van der Waals surface area contributed by atoms with Gasteiger partial charge in [-0.05, 0) is 60.6 Å². The van der Waals surface area contributed by atoms with Crippen molar-refractivity contribution in [3.05, 3.63) is 71.3 Å². The fourth-order valence-electron chi connectivity index (χ4n) is 3.78. The van der Waals surface area contributed by atoms with E-state index in [1.807, 2.05) is 42.2 Å². The number of nitrogens with zero attached hydrogens (tertiary/aromatic N) is 1. The van der Waals surface area contributed by atoms with E-state index in [-0.39, 0.29) is 13.0 Å². The molecule has 9 heteroatoms. The van der Waals surface area contributed by atoms with E-state index in [1.165, 1.54) is 11.1 Å². The minimum Gasteiger partial charge on any atom is -0.494 e. The van der Waals surface area contributed by atoms with Gasteiger partial charge in [0.05, 0.1) is 13.0 Å². The molecular formula is C26H28F3NO5. The van der Waals surface area contributed by atoms with Crippen LogP contribution in [0.1, 0.15) is 36.0 Å². The molecule has 1 heterocycles. The zero-order valence-electron chi connectivity index (χ0n) is 19.5. The minimum atomic E-state index is -5.21. The molecule has 35 heavy (non-hydrogen) atoms. The van der Waals surface area contributed by atoms with Crippen molar-refractivity contribution < 1.29 is 37.3 Å². The number of carbonyl (C=O) groups is 2. The molecule has 0 N–H and O–H groups in total. The van der Waals surface area contributed by atoms with E-state index in [2.05, 4.69) is 34.1 Å². The molecule has 0 aliphatic carbocycles. The predicted octanol–water partition coefficient (Wildman–Crippen LogP) is 5.05. The zero-order chi connectivity index (χ0) is 25.3. The van der Waals surface area contributed by atoms with Crippen molar-refractivity contribution >= 4 is 17.5 Å². The second kappa shape index (κ2) is 12.4. The first-order chi connectivity index (χ1) is 16.7. The van der Waals surface area contributed by atoms with Gasteiger partial charge in [0.25, 0.3) is 0 Å². The zero-order valence-corrected chi connectivity index (χ0v) is 19.5. The second-order valence-electron chi connectivity index (χ2n) is 8.27. The summed E-state index contributed by atoms with van der Waals surface area (Å²) in [6.45, 7) is 4.22. The molecule has 0 amide bonds. The number of hydrogen-bond donors (Lipinski definition) is 0. The van der Waals surface area contributed by atoms with Crippen LogP contribution >= 0.6 is 0 Å². The Kier molecular flexibility index (Phi) is 9.31. The van der Waals surface area contributed by atoms with E-state index in [0.717, 1.165) is 36.1 Å². The van der Waals surface area contributed by atoms with Crippen molar-refractivity contribution in [2.24, 2.45) is 0 Å². The van der Waals surface area contributed by atoms with Crippen molar-refractivity contribution in [2.45, 2.75) is 38.8 Å². The first-order valence-electron chi connectivity index (χ1n) is 11.4. The highest BCUT2D eigenvalue weighted by Crippen LogP contribution is 2.28. The summed E-state index contributed by atoms with van der Waals surface area (Å²) in [5.74, 6) is -2.76.